The van der Waals surface area contributed by atoms with Crippen LogP contribution in [0.4, 0.5) is 11.4 Å². The Balaban J connectivity index is 1.69. The lowest BCUT2D eigenvalue weighted by atomic mass is 9.99. The Hall–Kier alpha value is -4.07. The highest BCUT2D eigenvalue weighted by atomic mass is 16.5. The SMILES string of the molecule is COC1=CCC(C(=O)Nc2ccccc2NC(=O)c2ccc(/C(N)=N\O)cc2)C=C1. The number of para-hydroxylation sites is 2. The van der Waals surface area contributed by atoms with Gasteiger partial charge in [-0.15, -0.1) is 0 Å². The van der Waals surface area contributed by atoms with Crippen molar-refractivity contribution >= 4 is 29.0 Å². The van der Waals surface area contributed by atoms with Crippen molar-refractivity contribution in [3.63, 3.8) is 0 Å². The third-order valence-corrected chi connectivity index (χ3v) is 4.62. The second-order valence-corrected chi connectivity index (χ2v) is 6.56. The van der Waals surface area contributed by atoms with Crippen molar-refractivity contribution in [2.45, 2.75) is 6.42 Å². The molecule has 0 heterocycles. The molecule has 0 aromatic heterocycles. The minimum absolute atomic E-state index is 0.0424. The number of allylic oxidation sites excluding steroid dienone is 2. The smallest absolute Gasteiger partial charge is 0.255 e. The highest BCUT2D eigenvalue weighted by Crippen LogP contribution is 2.24. The molecule has 3 rings (SSSR count). The number of carbonyl (C=O) groups excluding carboxylic acids is 2. The van der Waals surface area contributed by atoms with Crippen LogP contribution < -0.4 is 16.4 Å². The summed E-state index contributed by atoms with van der Waals surface area (Å²) in [6.07, 6.45) is 5.94. The zero-order valence-electron chi connectivity index (χ0n) is 16.3. The number of anilines is 2. The Kier molecular flexibility index (Phi) is 6.49. The number of amides is 2. The average Bonchev–Trinajstić information content (AvgIpc) is 2.79. The van der Waals surface area contributed by atoms with Crippen LogP contribution in [0.1, 0.15) is 22.3 Å². The third-order valence-electron chi connectivity index (χ3n) is 4.62. The summed E-state index contributed by atoms with van der Waals surface area (Å²) in [7, 11) is 1.58. The molecular weight excluding hydrogens is 384 g/mol. The molecule has 8 nitrogen and oxygen atoms in total. The number of ether oxygens (including phenoxy) is 1. The Morgan fingerprint density at radius 3 is 2.27 bits per heavy atom. The van der Waals surface area contributed by atoms with E-state index in [2.05, 4.69) is 15.8 Å². The predicted octanol–water partition coefficient (Wildman–Crippen LogP) is 3.08. The molecule has 154 valence electrons. The van der Waals surface area contributed by atoms with E-state index in [0.717, 1.165) is 5.76 Å². The van der Waals surface area contributed by atoms with E-state index < -0.39 is 0 Å². The number of nitrogens with two attached hydrogens (primary N) is 1. The molecule has 2 aromatic carbocycles. The van der Waals surface area contributed by atoms with Crippen molar-refractivity contribution in [3.05, 3.63) is 83.6 Å². The van der Waals surface area contributed by atoms with Crippen molar-refractivity contribution in [1.82, 2.24) is 0 Å². The summed E-state index contributed by atoms with van der Waals surface area (Å²) in [5, 5.41) is 17.3. The summed E-state index contributed by atoms with van der Waals surface area (Å²) in [6.45, 7) is 0. The number of nitrogens with one attached hydrogen (secondary N) is 2. The lowest BCUT2D eigenvalue weighted by Gasteiger charge is -2.17. The molecule has 0 saturated heterocycles. The van der Waals surface area contributed by atoms with Crippen molar-refractivity contribution in [1.29, 1.82) is 0 Å². The van der Waals surface area contributed by atoms with E-state index in [4.69, 9.17) is 15.7 Å². The van der Waals surface area contributed by atoms with Crippen LogP contribution >= 0.6 is 0 Å². The minimum atomic E-state index is -0.354. The first-order valence-corrected chi connectivity index (χ1v) is 9.23. The van der Waals surface area contributed by atoms with E-state index in [9.17, 15) is 9.59 Å². The first kappa shape index (κ1) is 20.7. The molecule has 0 aliphatic heterocycles. The van der Waals surface area contributed by atoms with Gasteiger partial charge in [-0.2, -0.15) is 0 Å². The summed E-state index contributed by atoms with van der Waals surface area (Å²) >= 11 is 0. The van der Waals surface area contributed by atoms with Gasteiger partial charge in [0.15, 0.2) is 5.84 Å². The van der Waals surface area contributed by atoms with Crippen molar-refractivity contribution in [3.8, 4) is 0 Å². The number of amidine groups is 1. The largest absolute Gasteiger partial charge is 0.497 e. The summed E-state index contributed by atoms with van der Waals surface area (Å²) < 4.78 is 5.14. The van der Waals surface area contributed by atoms with Gasteiger partial charge in [-0.1, -0.05) is 35.5 Å². The monoisotopic (exact) mass is 406 g/mol. The van der Waals surface area contributed by atoms with Crippen LogP contribution in [0.2, 0.25) is 0 Å². The molecule has 5 N–H and O–H groups in total. The van der Waals surface area contributed by atoms with Crippen molar-refractivity contribution in [2.75, 3.05) is 17.7 Å². The van der Waals surface area contributed by atoms with Crippen LogP contribution in [0, 0.1) is 5.92 Å². The number of oxime groups is 1. The van der Waals surface area contributed by atoms with E-state index in [0.29, 0.717) is 28.9 Å². The molecule has 0 saturated carbocycles. The van der Waals surface area contributed by atoms with Gasteiger partial charge in [0, 0.05) is 11.1 Å². The number of benzene rings is 2. The van der Waals surface area contributed by atoms with Crippen LogP contribution in [0.25, 0.3) is 0 Å². The maximum atomic E-state index is 12.6. The maximum absolute atomic E-state index is 12.6. The molecule has 2 aromatic rings. The average molecular weight is 406 g/mol. The van der Waals surface area contributed by atoms with Crippen molar-refractivity contribution < 1.29 is 19.5 Å². The van der Waals surface area contributed by atoms with Gasteiger partial charge < -0.3 is 26.3 Å². The summed E-state index contributed by atoms with van der Waals surface area (Å²) in [6, 6.07) is 13.3. The fraction of sp³-hybridized carbons (Fsp3) is 0.136. The quantitative estimate of drug-likeness (QED) is 0.254. The number of carbonyl (C=O) groups is 2. The van der Waals surface area contributed by atoms with Gasteiger partial charge in [0.2, 0.25) is 5.91 Å². The zero-order chi connectivity index (χ0) is 21.5. The van der Waals surface area contributed by atoms with Gasteiger partial charge in [-0.05, 0) is 42.8 Å². The Morgan fingerprint density at radius 1 is 1.07 bits per heavy atom. The van der Waals surface area contributed by atoms with Crippen LogP contribution in [0.3, 0.4) is 0 Å². The number of hydrogen-bond acceptors (Lipinski definition) is 5. The number of nitrogens with zero attached hydrogens (tertiary/aromatic N) is 1. The molecule has 30 heavy (non-hydrogen) atoms. The number of rotatable bonds is 6. The Labute approximate surface area is 173 Å². The van der Waals surface area contributed by atoms with Gasteiger partial charge in [0.1, 0.15) is 5.76 Å². The first-order chi connectivity index (χ1) is 14.5. The van der Waals surface area contributed by atoms with Crippen LogP contribution in [0.15, 0.2) is 77.7 Å². The molecule has 8 heteroatoms. The lowest BCUT2D eigenvalue weighted by molar-refractivity contribution is -0.118. The van der Waals surface area contributed by atoms with Gasteiger partial charge in [0.25, 0.3) is 5.91 Å². The number of methoxy groups -OCH3 is 1. The van der Waals surface area contributed by atoms with Crippen LogP contribution in [-0.4, -0.2) is 30.0 Å². The van der Waals surface area contributed by atoms with Crippen LogP contribution in [0.5, 0.6) is 0 Å². The summed E-state index contributed by atoms with van der Waals surface area (Å²) in [5.41, 5.74) is 7.39. The fourth-order valence-corrected chi connectivity index (χ4v) is 2.92. The molecule has 1 aliphatic carbocycles. The molecule has 1 aliphatic rings. The van der Waals surface area contributed by atoms with E-state index >= 15 is 0 Å². The maximum Gasteiger partial charge on any atom is 0.255 e. The summed E-state index contributed by atoms with van der Waals surface area (Å²) in [4.78, 5) is 25.2. The molecule has 1 atom stereocenters. The molecular formula is C22H22N4O4. The van der Waals surface area contributed by atoms with Gasteiger partial charge in [0.05, 0.1) is 24.4 Å². The molecule has 0 fully saturated rings. The van der Waals surface area contributed by atoms with E-state index in [-0.39, 0.29) is 23.6 Å². The minimum Gasteiger partial charge on any atom is -0.497 e. The lowest BCUT2D eigenvalue weighted by Crippen LogP contribution is -2.23. The normalized spacial score (nSPS) is 15.8. The second-order valence-electron chi connectivity index (χ2n) is 6.56. The molecule has 1 unspecified atom stereocenters. The first-order valence-electron chi connectivity index (χ1n) is 9.23. The Morgan fingerprint density at radius 2 is 1.70 bits per heavy atom. The topological polar surface area (TPSA) is 126 Å². The van der Waals surface area contributed by atoms with E-state index in [1.807, 2.05) is 6.08 Å². The van der Waals surface area contributed by atoms with Gasteiger partial charge in [-0.3, -0.25) is 9.59 Å². The van der Waals surface area contributed by atoms with Crippen molar-refractivity contribution in [2.24, 2.45) is 16.8 Å². The standard InChI is InChI=1S/C22H22N4O4/c1-30-17-12-10-16(11-13-17)22(28)25-19-5-3-2-4-18(19)24-21(27)15-8-6-14(7-9-15)20(23)26-29/h2-10,12-13,16,29H,11H2,1H3,(H2,23,26)(H,24,27)(H,25,28). The third kappa shape index (κ3) is 4.85. The van der Waals surface area contributed by atoms with E-state index in [1.165, 1.54) is 0 Å². The molecule has 2 amide bonds. The Bertz CT molecular complexity index is 1030. The molecule has 0 bridgehead atoms. The van der Waals surface area contributed by atoms with Gasteiger partial charge in [-0.25, -0.2) is 0 Å². The molecule has 0 radical (unpaired) electrons. The summed E-state index contributed by atoms with van der Waals surface area (Å²) in [5.74, 6) is -0.168. The molecule has 0 spiro atoms. The number of hydrogen-bond donors (Lipinski definition) is 4. The highest BCUT2D eigenvalue weighted by Gasteiger charge is 2.19. The van der Waals surface area contributed by atoms with Crippen LogP contribution in [-0.2, 0) is 9.53 Å². The fourth-order valence-electron chi connectivity index (χ4n) is 2.92. The highest BCUT2D eigenvalue weighted by molar-refractivity contribution is 6.08. The van der Waals surface area contributed by atoms with Gasteiger partial charge >= 0.3 is 0 Å². The second kappa shape index (κ2) is 9.42. The predicted molar refractivity (Wildman–Crippen MR) is 114 cm³/mol. The zero-order valence-corrected chi connectivity index (χ0v) is 16.3. The van der Waals surface area contributed by atoms with E-state index in [1.54, 1.807) is 67.8 Å².